The number of aliphatic carboxylic acids is 2. The molecule has 0 radical (unpaired) electrons. The Morgan fingerprint density at radius 3 is 1.59 bits per heavy atom. The van der Waals surface area contributed by atoms with Crippen molar-refractivity contribution in [2.75, 3.05) is 26.7 Å². The lowest BCUT2D eigenvalue weighted by molar-refractivity contribution is -0.142. The van der Waals surface area contributed by atoms with Crippen molar-refractivity contribution in [3.63, 3.8) is 0 Å². The molecule has 0 aromatic carbocycles. The van der Waals surface area contributed by atoms with Crippen molar-refractivity contribution in [1.29, 1.82) is 0 Å². The van der Waals surface area contributed by atoms with E-state index in [1.165, 1.54) is 24.5 Å². The highest BCUT2D eigenvalue weighted by Gasteiger charge is 2.38. The van der Waals surface area contributed by atoms with Gasteiger partial charge < -0.3 is 19.7 Å². The number of rotatable bonds is 7. The third-order valence-corrected chi connectivity index (χ3v) is 7.31. The van der Waals surface area contributed by atoms with Gasteiger partial charge in [0, 0.05) is 12.4 Å². The van der Waals surface area contributed by atoms with E-state index in [1.807, 2.05) is 0 Å². The first-order valence-corrected chi connectivity index (χ1v) is 12.0. The second-order valence-electron chi connectivity index (χ2n) is 7.14. The summed E-state index contributed by atoms with van der Waals surface area (Å²) in [5, 5.41) is 19.3. The Labute approximate surface area is 200 Å². The molecule has 2 aromatic rings. The predicted molar refractivity (Wildman–Crippen MR) is 117 cm³/mol. The Bertz CT molecular complexity index is 1050. The molecule has 0 bridgehead atoms. The molecular formula is C20H18N4O8S2. The molecule has 0 saturated carbocycles. The van der Waals surface area contributed by atoms with E-state index < -0.39 is 35.8 Å². The van der Waals surface area contributed by atoms with Crippen molar-refractivity contribution in [2.24, 2.45) is 0 Å². The van der Waals surface area contributed by atoms with Crippen LogP contribution < -0.4 is 0 Å². The number of aromatic nitrogens is 2. The molecular weight excluding hydrogens is 488 g/mol. The molecule has 4 heterocycles. The molecule has 2 unspecified atom stereocenters. The van der Waals surface area contributed by atoms with Crippen LogP contribution in [0.25, 0.3) is 0 Å². The van der Waals surface area contributed by atoms with E-state index in [2.05, 4.69) is 9.97 Å². The van der Waals surface area contributed by atoms with Gasteiger partial charge in [0.1, 0.15) is 23.5 Å². The highest BCUT2D eigenvalue weighted by atomic mass is 33.1. The van der Waals surface area contributed by atoms with Gasteiger partial charge >= 0.3 is 11.9 Å². The lowest BCUT2D eigenvalue weighted by atomic mass is 10.2. The van der Waals surface area contributed by atoms with E-state index in [-0.39, 0.29) is 37.8 Å². The summed E-state index contributed by atoms with van der Waals surface area (Å²) in [6.07, 6.45) is 2.97. The molecule has 34 heavy (non-hydrogen) atoms. The standard InChI is InChI=1S/C20H18N4O8S2/c25-17(23-9-31-7-13(23)19(27)28)11-3-1-5-21-15(11)33-34-16-12(4-2-6-22-16)18(26)24-10-32-8-14(24)20(29)30/h1-6,13-14H,7-10H2,(H,27,28)(H,29,30). The molecule has 178 valence electrons. The summed E-state index contributed by atoms with van der Waals surface area (Å²) in [5.41, 5.74) is 0.360. The number of ether oxygens (including phenoxy) is 2. The molecule has 2 fully saturated rings. The van der Waals surface area contributed by atoms with Crippen molar-refractivity contribution in [3.8, 4) is 0 Å². The topological polar surface area (TPSA) is 159 Å². The summed E-state index contributed by atoms with van der Waals surface area (Å²) in [6.45, 7) is -0.502. The van der Waals surface area contributed by atoms with Crippen LogP contribution in [0, 0.1) is 0 Å². The van der Waals surface area contributed by atoms with Crippen molar-refractivity contribution in [1.82, 2.24) is 19.8 Å². The molecule has 0 aliphatic carbocycles. The monoisotopic (exact) mass is 506 g/mol. The molecule has 2 N–H and O–H groups in total. The third kappa shape index (κ3) is 4.84. The largest absolute Gasteiger partial charge is 0.480 e. The summed E-state index contributed by atoms with van der Waals surface area (Å²) in [4.78, 5) is 59.6. The van der Waals surface area contributed by atoms with Crippen LogP contribution in [0.5, 0.6) is 0 Å². The second-order valence-corrected chi connectivity index (χ2v) is 9.24. The molecule has 2 amide bonds. The maximum absolute atomic E-state index is 13.0. The number of hydrogen-bond acceptors (Lipinski definition) is 10. The smallest absolute Gasteiger partial charge is 0.328 e. The second kappa shape index (κ2) is 10.4. The average Bonchev–Trinajstić information content (AvgIpc) is 3.52. The highest BCUT2D eigenvalue weighted by molar-refractivity contribution is 8.76. The summed E-state index contributed by atoms with van der Waals surface area (Å²) < 4.78 is 10.3. The zero-order valence-electron chi connectivity index (χ0n) is 17.4. The van der Waals surface area contributed by atoms with Crippen molar-refractivity contribution >= 4 is 45.3 Å². The molecule has 12 nitrogen and oxygen atoms in total. The molecule has 2 atom stereocenters. The first-order valence-electron chi connectivity index (χ1n) is 9.86. The van der Waals surface area contributed by atoms with E-state index in [1.54, 1.807) is 12.1 Å². The Kier molecular flexibility index (Phi) is 7.31. The lowest BCUT2D eigenvalue weighted by Crippen LogP contribution is -2.42. The number of hydrogen-bond donors (Lipinski definition) is 2. The van der Waals surface area contributed by atoms with Gasteiger partial charge in [0.25, 0.3) is 11.8 Å². The maximum atomic E-state index is 13.0. The zero-order chi connectivity index (χ0) is 24.2. The van der Waals surface area contributed by atoms with Gasteiger partial charge in [-0.1, -0.05) is 0 Å². The Morgan fingerprint density at radius 1 is 0.794 bits per heavy atom. The number of amides is 2. The minimum absolute atomic E-state index is 0.102. The molecule has 2 aromatic heterocycles. The van der Waals surface area contributed by atoms with E-state index >= 15 is 0 Å². The van der Waals surface area contributed by atoms with Gasteiger partial charge in [-0.05, 0) is 45.9 Å². The maximum Gasteiger partial charge on any atom is 0.328 e. The van der Waals surface area contributed by atoms with Crippen LogP contribution in [-0.2, 0) is 19.1 Å². The first kappa shape index (κ1) is 23.9. The van der Waals surface area contributed by atoms with Gasteiger partial charge in [0.05, 0.1) is 24.3 Å². The number of carbonyl (C=O) groups is 4. The number of nitrogens with zero attached hydrogens (tertiary/aromatic N) is 4. The summed E-state index contributed by atoms with van der Waals surface area (Å²) >= 11 is 0. The van der Waals surface area contributed by atoms with Gasteiger partial charge in [-0.25, -0.2) is 19.6 Å². The zero-order valence-corrected chi connectivity index (χ0v) is 19.0. The van der Waals surface area contributed by atoms with Gasteiger partial charge in [-0.2, -0.15) is 0 Å². The molecule has 4 rings (SSSR count). The quantitative estimate of drug-likeness (QED) is 0.515. The highest BCUT2D eigenvalue weighted by Crippen LogP contribution is 2.39. The van der Waals surface area contributed by atoms with Crippen molar-refractivity contribution < 1.29 is 38.9 Å². The predicted octanol–water partition coefficient (Wildman–Crippen LogP) is 1.04. The van der Waals surface area contributed by atoms with Crippen LogP contribution in [0.15, 0.2) is 46.7 Å². The minimum Gasteiger partial charge on any atom is -0.480 e. The van der Waals surface area contributed by atoms with E-state index in [0.717, 1.165) is 31.4 Å². The Hall–Kier alpha value is -3.20. The lowest BCUT2D eigenvalue weighted by Gasteiger charge is -2.21. The fourth-order valence-electron chi connectivity index (χ4n) is 3.32. The summed E-state index contributed by atoms with van der Waals surface area (Å²) in [5.74, 6) is -3.42. The summed E-state index contributed by atoms with van der Waals surface area (Å²) in [7, 11) is 2.13. The minimum atomic E-state index is -1.17. The Balaban J connectivity index is 1.54. The third-order valence-electron chi connectivity index (χ3n) is 5.06. The number of carbonyl (C=O) groups excluding carboxylic acids is 2. The average molecular weight is 507 g/mol. The SMILES string of the molecule is O=C(O)C1COCN1C(=O)c1cccnc1SSc1ncccc1C(=O)N1COCC1C(=O)O. The van der Waals surface area contributed by atoms with Crippen LogP contribution in [-0.4, -0.2) is 92.5 Å². The number of pyridine rings is 2. The van der Waals surface area contributed by atoms with Crippen molar-refractivity contribution in [3.05, 3.63) is 47.8 Å². The van der Waals surface area contributed by atoms with Crippen LogP contribution in [0.4, 0.5) is 0 Å². The van der Waals surface area contributed by atoms with Crippen LogP contribution in [0.1, 0.15) is 20.7 Å². The number of carboxylic acid groups (broad SMARTS) is 2. The van der Waals surface area contributed by atoms with E-state index in [9.17, 15) is 29.4 Å². The van der Waals surface area contributed by atoms with Gasteiger partial charge in [0.15, 0.2) is 12.1 Å². The van der Waals surface area contributed by atoms with Gasteiger partial charge in [-0.3, -0.25) is 19.4 Å². The van der Waals surface area contributed by atoms with Gasteiger partial charge in [0.2, 0.25) is 0 Å². The van der Waals surface area contributed by atoms with Crippen LogP contribution in [0.3, 0.4) is 0 Å². The van der Waals surface area contributed by atoms with E-state index in [4.69, 9.17) is 9.47 Å². The fraction of sp³-hybridized carbons (Fsp3) is 0.300. The van der Waals surface area contributed by atoms with E-state index in [0.29, 0.717) is 10.1 Å². The van der Waals surface area contributed by atoms with Gasteiger partial charge in [-0.15, -0.1) is 0 Å². The molecule has 14 heteroatoms. The summed E-state index contributed by atoms with van der Waals surface area (Å²) in [6, 6.07) is 3.98. The molecule has 2 aliphatic heterocycles. The van der Waals surface area contributed by atoms with Crippen LogP contribution in [0.2, 0.25) is 0 Å². The Morgan fingerprint density at radius 2 is 1.21 bits per heavy atom. The van der Waals surface area contributed by atoms with Crippen molar-refractivity contribution in [2.45, 2.75) is 22.1 Å². The fourth-order valence-corrected chi connectivity index (χ4v) is 5.45. The molecule has 2 aliphatic rings. The first-order chi connectivity index (χ1) is 16.4. The normalized spacial score (nSPS) is 19.9. The number of carboxylic acids is 2. The van der Waals surface area contributed by atoms with Crippen LogP contribution >= 0.6 is 21.6 Å². The molecule has 2 saturated heterocycles. The molecule has 0 spiro atoms.